The van der Waals surface area contributed by atoms with Crippen LogP contribution in [0, 0.1) is 0 Å². The average molecular weight is 495 g/mol. The van der Waals surface area contributed by atoms with E-state index in [1.54, 1.807) is 6.07 Å². The molecular formula is C22H23ClN2O5S2. The van der Waals surface area contributed by atoms with Crippen molar-refractivity contribution in [2.75, 3.05) is 31.6 Å². The lowest BCUT2D eigenvalue weighted by atomic mass is 10.2. The Morgan fingerprint density at radius 2 is 1.91 bits per heavy atom. The normalized spacial score (nSPS) is 15.2. The van der Waals surface area contributed by atoms with Crippen LogP contribution in [0.1, 0.15) is 23.5 Å². The van der Waals surface area contributed by atoms with E-state index in [1.807, 2.05) is 38.1 Å². The third-order valence-electron chi connectivity index (χ3n) is 4.91. The van der Waals surface area contributed by atoms with Crippen LogP contribution in [-0.2, 0) is 14.8 Å². The van der Waals surface area contributed by atoms with Gasteiger partial charge in [-0.05, 0) is 38.1 Å². The second-order valence-corrected chi connectivity index (χ2v) is 10.9. The van der Waals surface area contributed by atoms with Crippen molar-refractivity contribution in [3.8, 4) is 5.75 Å². The van der Waals surface area contributed by atoms with Gasteiger partial charge in [0.05, 0.1) is 34.9 Å². The minimum atomic E-state index is -3.74. The molecule has 3 aromatic rings. The molecule has 1 fully saturated rings. The fourth-order valence-corrected chi connectivity index (χ4v) is 6.25. The van der Waals surface area contributed by atoms with E-state index in [2.05, 4.69) is 5.32 Å². The van der Waals surface area contributed by atoms with Gasteiger partial charge >= 0.3 is 0 Å². The quantitative estimate of drug-likeness (QED) is 0.540. The molecule has 2 heterocycles. The first-order valence-corrected chi connectivity index (χ1v) is 12.8. The summed E-state index contributed by atoms with van der Waals surface area (Å²) in [6, 6.07) is 12.0. The zero-order valence-corrected chi connectivity index (χ0v) is 20.0. The van der Waals surface area contributed by atoms with E-state index in [0.717, 1.165) is 10.1 Å². The molecule has 1 aliphatic rings. The number of rotatable bonds is 6. The van der Waals surface area contributed by atoms with Gasteiger partial charge in [-0.25, -0.2) is 8.42 Å². The highest BCUT2D eigenvalue weighted by atomic mass is 35.5. The van der Waals surface area contributed by atoms with Crippen LogP contribution in [0.2, 0.25) is 5.02 Å². The number of carbonyl (C=O) groups is 1. The molecule has 1 saturated heterocycles. The fraction of sp³-hybridized carbons (Fsp3) is 0.318. The first kappa shape index (κ1) is 23.0. The molecule has 1 N–H and O–H groups in total. The highest BCUT2D eigenvalue weighted by molar-refractivity contribution is 7.89. The van der Waals surface area contributed by atoms with Gasteiger partial charge < -0.3 is 14.8 Å². The Bertz CT molecular complexity index is 1250. The maximum absolute atomic E-state index is 13.1. The molecule has 0 bridgehead atoms. The number of hydrogen-bond acceptors (Lipinski definition) is 6. The summed E-state index contributed by atoms with van der Waals surface area (Å²) in [4.78, 5) is 13.5. The van der Waals surface area contributed by atoms with Gasteiger partial charge in [-0.15, -0.1) is 11.3 Å². The standard InChI is InChI=1S/C22H23ClN2O5S2/c1-14(2)30-18-8-7-15(32(27,28)25-9-11-29-12-10-25)13-17(18)24-22(26)21-20(23)16-5-3-4-6-19(16)31-21/h3-8,13-14H,9-12H2,1-2H3,(H,24,26). The molecule has 0 radical (unpaired) electrons. The zero-order valence-electron chi connectivity index (χ0n) is 17.6. The number of nitrogens with one attached hydrogen (secondary N) is 1. The first-order chi connectivity index (χ1) is 15.3. The molecule has 4 rings (SSSR count). The van der Waals surface area contributed by atoms with Gasteiger partial charge in [-0.2, -0.15) is 4.31 Å². The molecule has 10 heteroatoms. The van der Waals surface area contributed by atoms with Gasteiger partial charge in [0.25, 0.3) is 5.91 Å². The first-order valence-electron chi connectivity index (χ1n) is 10.1. The van der Waals surface area contributed by atoms with Crippen LogP contribution in [0.5, 0.6) is 5.75 Å². The largest absolute Gasteiger partial charge is 0.489 e. The molecule has 1 aromatic heterocycles. The summed E-state index contributed by atoms with van der Waals surface area (Å²) in [6.45, 7) is 4.97. The molecule has 7 nitrogen and oxygen atoms in total. The highest BCUT2D eigenvalue weighted by Crippen LogP contribution is 2.37. The van der Waals surface area contributed by atoms with Crippen LogP contribution in [-0.4, -0.2) is 51.0 Å². The van der Waals surface area contributed by atoms with Crippen molar-refractivity contribution in [2.24, 2.45) is 0 Å². The predicted octanol–water partition coefficient (Wildman–Crippen LogP) is 4.62. The molecule has 1 aliphatic heterocycles. The SMILES string of the molecule is CC(C)Oc1ccc(S(=O)(=O)N2CCOCC2)cc1NC(=O)c1sc2ccccc2c1Cl. The summed E-state index contributed by atoms with van der Waals surface area (Å²) in [5.41, 5.74) is 0.270. The molecule has 0 saturated carbocycles. The number of anilines is 1. The van der Waals surface area contributed by atoms with Crippen LogP contribution in [0.4, 0.5) is 5.69 Å². The minimum absolute atomic E-state index is 0.0771. The Hall–Kier alpha value is -2.17. The molecule has 32 heavy (non-hydrogen) atoms. The molecule has 170 valence electrons. The number of amides is 1. The summed E-state index contributed by atoms with van der Waals surface area (Å²) < 4.78 is 39.5. The topological polar surface area (TPSA) is 84.9 Å². The van der Waals surface area contributed by atoms with Gasteiger partial charge in [0.2, 0.25) is 10.0 Å². The summed E-state index contributed by atoms with van der Waals surface area (Å²) in [5.74, 6) is -0.0442. The Morgan fingerprint density at radius 1 is 1.19 bits per heavy atom. The van der Waals surface area contributed by atoms with Gasteiger partial charge in [0.15, 0.2) is 0 Å². The molecular weight excluding hydrogens is 472 g/mol. The molecule has 2 aromatic carbocycles. The molecule has 0 spiro atoms. The molecule has 0 unspecified atom stereocenters. The monoisotopic (exact) mass is 494 g/mol. The van der Waals surface area contributed by atoms with Gasteiger partial charge in [-0.3, -0.25) is 4.79 Å². The lowest BCUT2D eigenvalue weighted by Crippen LogP contribution is -2.40. The van der Waals surface area contributed by atoms with E-state index in [4.69, 9.17) is 21.1 Å². The second-order valence-electron chi connectivity index (χ2n) is 7.54. The number of thiophene rings is 1. The summed E-state index contributed by atoms with van der Waals surface area (Å²) in [5, 5.41) is 3.97. The van der Waals surface area contributed by atoms with Crippen LogP contribution in [0.15, 0.2) is 47.4 Å². The molecule has 0 aliphatic carbocycles. The number of ether oxygens (including phenoxy) is 2. The van der Waals surface area contributed by atoms with Crippen molar-refractivity contribution in [3.05, 3.63) is 52.4 Å². The van der Waals surface area contributed by atoms with E-state index in [0.29, 0.717) is 28.9 Å². The molecule has 0 atom stereocenters. The third kappa shape index (κ3) is 4.62. The Labute approximate surface area is 195 Å². The van der Waals surface area contributed by atoms with Crippen molar-refractivity contribution >= 4 is 54.6 Å². The number of hydrogen-bond donors (Lipinski definition) is 1. The van der Waals surface area contributed by atoms with Crippen LogP contribution in [0.25, 0.3) is 10.1 Å². The summed E-state index contributed by atoms with van der Waals surface area (Å²) >= 11 is 7.73. The number of morpholine rings is 1. The van der Waals surface area contributed by atoms with Gasteiger partial charge in [-0.1, -0.05) is 29.8 Å². The van der Waals surface area contributed by atoms with E-state index >= 15 is 0 Å². The average Bonchev–Trinajstić information content (AvgIpc) is 3.12. The fourth-order valence-electron chi connectivity index (χ4n) is 3.40. The number of carbonyl (C=O) groups excluding carboxylic acids is 1. The lowest BCUT2D eigenvalue weighted by molar-refractivity contribution is 0.0730. The van der Waals surface area contributed by atoms with E-state index < -0.39 is 15.9 Å². The van der Waals surface area contributed by atoms with Crippen molar-refractivity contribution in [2.45, 2.75) is 24.8 Å². The smallest absolute Gasteiger partial charge is 0.267 e. The predicted molar refractivity (Wildman–Crippen MR) is 127 cm³/mol. The van der Waals surface area contributed by atoms with Gasteiger partial charge in [0, 0.05) is 23.2 Å². The maximum atomic E-state index is 13.1. The van der Waals surface area contributed by atoms with E-state index in [-0.39, 0.29) is 29.8 Å². The summed E-state index contributed by atoms with van der Waals surface area (Å²) in [6.07, 6.45) is -0.166. The Balaban J connectivity index is 1.69. The minimum Gasteiger partial charge on any atom is -0.489 e. The number of benzene rings is 2. The highest BCUT2D eigenvalue weighted by Gasteiger charge is 2.28. The third-order valence-corrected chi connectivity index (χ3v) is 8.48. The number of fused-ring (bicyclic) bond motifs is 1. The van der Waals surface area contributed by atoms with Crippen molar-refractivity contribution < 1.29 is 22.7 Å². The lowest BCUT2D eigenvalue weighted by Gasteiger charge is -2.26. The number of halogens is 1. The Kier molecular flexibility index (Phi) is 6.73. The maximum Gasteiger partial charge on any atom is 0.267 e. The van der Waals surface area contributed by atoms with E-state index in [9.17, 15) is 13.2 Å². The zero-order chi connectivity index (χ0) is 22.9. The Morgan fingerprint density at radius 3 is 2.59 bits per heavy atom. The van der Waals surface area contributed by atoms with Crippen molar-refractivity contribution in [1.82, 2.24) is 4.31 Å². The van der Waals surface area contributed by atoms with Crippen molar-refractivity contribution in [3.63, 3.8) is 0 Å². The van der Waals surface area contributed by atoms with Crippen LogP contribution < -0.4 is 10.1 Å². The number of nitrogens with zero attached hydrogens (tertiary/aromatic N) is 1. The van der Waals surface area contributed by atoms with Crippen LogP contribution in [0.3, 0.4) is 0 Å². The second kappa shape index (κ2) is 9.36. The van der Waals surface area contributed by atoms with Crippen molar-refractivity contribution in [1.29, 1.82) is 0 Å². The van der Waals surface area contributed by atoms with Crippen LogP contribution >= 0.6 is 22.9 Å². The van der Waals surface area contributed by atoms with Gasteiger partial charge in [0.1, 0.15) is 10.6 Å². The summed E-state index contributed by atoms with van der Waals surface area (Å²) in [7, 11) is -3.74. The molecule has 1 amide bonds. The van der Waals surface area contributed by atoms with E-state index in [1.165, 1.54) is 27.8 Å². The number of sulfonamides is 1.